The van der Waals surface area contributed by atoms with E-state index in [9.17, 15) is 4.79 Å². The van der Waals surface area contributed by atoms with E-state index < -0.39 is 0 Å². The minimum absolute atomic E-state index is 0.166. The molecule has 0 aromatic carbocycles. The van der Waals surface area contributed by atoms with Gasteiger partial charge >= 0.3 is 0 Å². The Labute approximate surface area is 102 Å². The van der Waals surface area contributed by atoms with Crippen LogP contribution in [0.3, 0.4) is 0 Å². The molecule has 0 radical (unpaired) electrons. The highest BCUT2D eigenvalue weighted by atomic mass is 79.9. The summed E-state index contributed by atoms with van der Waals surface area (Å²) in [4.78, 5) is 17.0. The Morgan fingerprint density at radius 2 is 2.00 bits per heavy atom. The van der Waals surface area contributed by atoms with Gasteiger partial charge in [-0.1, -0.05) is 0 Å². The molecule has 2 rings (SSSR count). The summed E-state index contributed by atoms with van der Waals surface area (Å²) in [5.41, 5.74) is 0. The number of hydrogen-bond donors (Lipinski definition) is 0. The van der Waals surface area contributed by atoms with Crippen LogP contribution in [0.5, 0.6) is 0 Å². The van der Waals surface area contributed by atoms with Crippen molar-refractivity contribution in [2.75, 3.05) is 33.2 Å². The monoisotopic (exact) mass is 288 g/mol. The van der Waals surface area contributed by atoms with E-state index in [-0.39, 0.29) is 5.91 Å². The van der Waals surface area contributed by atoms with Crippen molar-refractivity contribution in [1.29, 1.82) is 0 Å². The van der Waals surface area contributed by atoms with Gasteiger partial charge in [0.25, 0.3) is 5.91 Å². The van der Waals surface area contributed by atoms with Crippen molar-refractivity contribution in [3.05, 3.63) is 20.8 Å². The summed E-state index contributed by atoms with van der Waals surface area (Å²) in [6.07, 6.45) is 0. The zero-order valence-corrected chi connectivity index (χ0v) is 11.0. The standard InChI is InChI=1S/C10H13BrN2OS/c1-12-4-6-13(7-5-12)10(14)8-2-3-9(11)15-8/h2-3H,4-7H2,1H3. The molecule has 1 aromatic rings. The molecule has 0 unspecified atom stereocenters. The van der Waals surface area contributed by atoms with Gasteiger partial charge in [-0.05, 0) is 35.1 Å². The topological polar surface area (TPSA) is 23.6 Å². The van der Waals surface area contributed by atoms with Crippen LogP contribution >= 0.6 is 27.3 Å². The van der Waals surface area contributed by atoms with Gasteiger partial charge < -0.3 is 9.80 Å². The Morgan fingerprint density at radius 1 is 1.33 bits per heavy atom. The number of rotatable bonds is 1. The van der Waals surface area contributed by atoms with E-state index in [0.717, 1.165) is 34.8 Å². The maximum Gasteiger partial charge on any atom is 0.264 e. The maximum absolute atomic E-state index is 12.0. The number of likely N-dealkylation sites (N-methyl/N-ethyl adjacent to an activating group) is 1. The number of piperazine rings is 1. The minimum Gasteiger partial charge on any atom is -0.335 e. The van der Waals surface area contributed by atoms with Gasteiger partial charge in [0.2, 0.25) is 0 Å². The first-order chi connectivity index (χ1) is 7.16. The zero-order valence-electron chi connectivity index (χ0n) is 8.57. The molecular weight excluding hydrogens is 276 g/mol. The van der Waals surface area contributed by atoms with Gasteiger partial charge in [-0.2, -0.15) is 0 Å². The van der Waals surface area contributed by atoms with Crippen LogP contribution in [0.4, 0.5) is 0 Å². The molecule has 0 N–H and O–H groups in total. The molecule has 2 heterocycles. The van der Waals surface area contributed by atoms with Crippen LogP contribution in [-0.4, -0.2) is 48.9 Å². The highest BCUT2D eigenvalue weighted by Crippen LogP contribution is 2.23. The first-order valence-electron chi connectivity index (χ1n) is 4.90. The molecule has 15 heavy (non-hydrogen) atoms. The second-order valence-corrected chi connectivity index (χ2v) is 6.16. The highest BCUT2D eigenvalue weighted by molar-refractivity contribution is 9.11. The van der Waals surface area contributed by atoms with E-state index >= 15 is 0 Å². The van der Waals surface area contributed by atoms with E-state index in [1.54, 1.807) is 0 Å². The summed E-state index contributed by atoms with van der Waals surface area (Å²) in [6.45, 7) is 3.62. The molecular formula is C10H13BrN2OS. The fourth-order valence-electron chi connectivity index (χ4n) is 1.59. The minimum atomic E-state index is 0.166. The van der Waals surface area contributed by atoms with Crippen LogP contribution in [0.25, 0.3) is 0 Å². The summed E-state index contributed by atoms with van der Waals surface area (Å²) >= 11 is 4.88. The normalized spacial score (nSPS) is 18.1. The molecule has 5 heteroatoms. The largest absolute Gasteiger partial charge is 0.335 e. The molecule has 1 aliphatic heterocycles. The predicted molar refractivity (Wildman–Crippen MR) is 65.4 cm³/mol. The van der Waals surface area contributed by atoms with Crippen LogP contribution in [0, 0.1) is 0 Å². The molecule has 82 valence electrons. The molecule has 1 aliphatic rings. The van der Waals surface area contributed by atoms with Gasteiger partial charge in [0.05, 0.1) is 8.66 Å². The van der Waals surface area contributed by atoms with Crippen molar-refractivity contribution >= 4 is 33.2 Å². The quantitative estimate of drug-likeness (QED) is 0.788. The fourth-order valence-corrected chi connectivity index (χ4v) is 2.95. The average molecular weight is 289 g/mol. The Hall–Kier alpha value is -0.390. The molecule has 3 nitrogen and oxygen atoms in total. The Balaban J connectivity index is 2.02. The van der Waals surface area contributed by atoms with Crippen LogP contribution in [0.1, 0.15) is 9.67 Å². The number of halogens is 1. The van der Waals surface area contributed by atoms with Gasteiger partial charge in [-0.25, -0.2) is 0 Å². The van der Waals surface area contributed by atoms with Crippen molar-refractivity contribution in [3.63, 3.8) is 0 Å². The fraction of sp³-hybridized carbons (Fsp3) is 0.500. The van der Waals surface area contributed by atoms with Crippen molar-refractivity contribution < 1.29 is 4.79 Å². The molecule has 0 aliphatic carbocycles. The molecule has 1 aromatic heterocycles. The van der Waals surface area contributed by atoms with E-state index in [4.69, 9.17) is 0 Å². The van der Waals surface area contributed by atoms with Gasteiger partial charge in [-0.3, -0.25) is 4.79 Å². The zero-order chi connectivity index (χ0) is 10.8. The summed E-state index contributed by atoms with van der Waals surface area (Å²) in [6, 6.07) is 3.81. The molecule has 1 saturated heterocycles. The van der Waals surface area contributed by atoms with Gasteiger partial charge in [-0.15, -0.1) is 11.3 Å². The molecule has 1 fully saturated rings. The summed E-state index contributed by atoms with van der Waals surface area (Å²) in [7, 11) is 2.09. The Morgan fingerprint density at radius 3 is 2.53 bits per heavy atom. The van der Waals surface area contributed by atoms with Gasteiger partial charge in [0.1, 0.15) is 0 Å². The van der Waals surface area contributed by atoms with Crippen molar-refractivity contribution in [1.82, 2.24) is 9.80 Å². The van der Waals surface area contributed by atoms with Crippen molar-refractivity contribution in [2.24, 2.45) is 0 Å². The first kappa shape index (κ1) is 11.1. The number of carbonyl (C=O) groups is 1. The van der Waals surface area contributed by atoms with E-state index in [0.29, 0.717) is 0 Å². The van der Waals surface area contributed by atoms with Crippen LogP contribution in [0.15, 0.2) is 15.9 Å². The molecule has 0 saturated carbocycles. The van der Waals surface area contributed by atoms with Crippen molar-refractivity contribution in [2.45, 2.75) is 0 Å². The van der Waals surface area contributed by atoms with Crippen LogP contribution in [0.2, 0.25) is 0 Å². The van der Waals surface area contributed by atoms with E-state index in [1.165, 1.54) is 11.3 Å². The SMILES string of the molecule is CN1CCN(C(=O)c2ccc(Br)s2)CC1. The smallest absolute Gasteiger partial charge is 0.264 e. The summed E-state index contributed by atoms with van der Waals surface area (Å²) in [5, 5.41) is 0. The Bertz CT molecular complexity index is 358. The number of hydrogen-bond acceptors (Lipinski definition) is 3. The number of nitrogens with zero attached hydrogens (tertiary/aromatic N) is 2. The number of thiophene rings is 1. The van der Waals surface area contributed by atoms with Gasteiger partial charge in [0, 0.05) is 26.2 Å². The number of amides is 1. The van der Waals surface area contributed by atoms with E-state index in [2.05, 4.69) is 27.9 Å². The number of carbonyl (C=O) groups excluding carboxylic acids is 1. The van der Waals surface area contributed by atoms with Crippen LogP contribution < -0.4 is 0 Å². The van der Waals surface area contributed by atoms with Gasteiger partial charge in [0.15, 0.2) is 0 Å². The molecule has 1 amide bonds. The Kier molecular flexibility index (Phi) is 3.43. The molecule has 0 bridgehead atoms. The lowest BCUT2D eigenvalue weighted by Crippen LogP contribution is -2.46. The predicted octanol–water partition coefficient (Wildman–Crippen LogP) is 1.90. The molecule has 0 atom stereocenters. The van der Waals surface area contributed by atoms with E-state index in [1.807, 2.05) is 17.0 Å². The lowest BCUT2D eigenvalue weighted by Gasteiger charge is -2.32. The third-order valence-electron chi connectivity index (χ3n) is 2.57. The van der Waals surface area contributed by atoms with Crippen LogP contribution in [-0.2, 0) is 0 Å². The van der Waals surface area contributed by atoms with Crippen molar-refractivity contribution in [3.8, 4) is 0 Å². The molecule has 0 spiro atoms. The summed E-state index contributed by atoms with van der Waals surface area (Å²) in [5.74, 6) is 0.166. The lowest BCUT2D eigenvalue weighted by atomic mass is 10.3. The second-order valence-electron chi connectivity index (χ2n) is 3.70. The third kappa shape index (κ3) is 2.59. The lowest BCUT2D eigenvalue weighted by molar-refractivity contribution is 0.0669. The average Bonchev–Trinajstić information content (AvgIpc) is 2.65. The first-order valence-corrected chi connectivity index (χ1v) is 6.51. The third-order valence-corrected chi connectivity index (χ3v) is 4.19. The summed E-state index contributed by atoms with van der Waals surface area (Å²) < 4.78 is 1.01. The highest BCUT2D eigenvalue weighted by Gasteiger charge is 2.21. The second kappa shape index (κ2) is 4.63. The maximum atomic E-state index is 12.0.